The summed E-state index contributed by atoms with van der Waals surface area (Å²) < 4.78 is 7.29. The zero-order valence-electron chi connectivity index (χ0n) is 15.0. The van der Waals surface area contributed by atoms with Crippen molar-refractivity contribution in [2.24, 2.45) is 0 Å². The summed E-state index contributed by atoms with van der Waals surface area (Å²) in [6.07, 6.45) is 6.40. The van der Waals surface area contributed by atoms with Crippen molar-refractivity contribution in [1.82, 2.24) is 9.88 Å². The van der Waals surface area contributed by atoms with Crippen molar-refractivity contribution >= 4 is 44.5 Å². The molecule has 1 aliphatic heterocycles. The molecule has 27 heavy (non-hydrogen) atoms. The molecule has 0 bridgehead atoms. The standard InChI is InChI=1S/C20H22BrClN2O3/c21-18-13-8-10-24(20(25)26)11-9-15(13)23-19-14(22)6-7-16(17(18)19)27-12-4-2-1-3-5-12/h6-7,12H,1-5,8-11H2,(H,25,26). The third-order valence-electron chi connectivity index (χ3n) is 5.54. The number of nitrogens with zero attached hydrogens (tertiary/aromatic N) is 2. The maximum atomic E-state index is 11.4. The number of amides is 1. The zero-order valence-corrected chi connectivity index (χ0v) is 17.4. The summed E-state index contributed by atoms with van der Waals surface area (Å²) in [5.41, 5.74) is 2.69. The number of hydrogen-bond acceptors (Lipinski definition) is 3. The molecule has 1 fully saturated rings. The Labute approximate surface area is 171 Å². The summed E-state index contributed by atoms with van der Waals surface area (Å²) in [5, 5.41) is 10.8. The highest BCUT2D eigenvalue weighted by Gasteiger charge is 2.25. The van der Waals surface area contributed by atoms with Crippen LogP contribution in [0.5, 0.6) is 5.75 Å². The second-order valence-electron chi connectivity index (χ2n) is 7.27. The van der Waals surface area contributed by atoms with E-state index in [4.69, 9.17) is 21.3 Å². The molecule has 4 rings (SSSR count). The lowest BCUT2D eigenvalue weighted by atomic mass is 9.97. The fraction of sp³-hybridized carbons (Fsp3) is 0.500. The Bertz CT molecular complexity index is 883. The van der Waals surface area contributed by atoms with E-state index in [1.807, 2.05) is 12.1 Å². The van der Waals surface area contributed by atoms with Crippen molar-refractivity contribution < 1.29 is 14.6 Å². The van der Waals surface area contributed by atoms with E-state index in [0.717, 1.165) is 45.2 Å². The van der Waals surface area contributed by atoms with Crippen LogP contribution < -0.4 is 4.74 Å². The number of pyridine rings is 1. The molecule has 0 unspecified atom stereocenters. The Morgan fingerprint density at radius 1 is 1.22 bits per heavy atom. The second-order valence-corrected chi connectivity index (χ2v) is 8.47. The van der Waals surface area contributed by atoms with Gasteiger partial charge in [-0.25, -0.2) is 4.79 Å². The average Bonchev–Trinajstić information content (AvgIpc) is 2.88. The number of halogens is 2. The molecule has 2 heterocycles. The van der Waals surface area contributed by atoms with Crippen LogP contribution in [-0.4, -0.2) is 40.3 Å². The van der Waals surface area contributed by atoms with Crippen molar-refractivity contribution in [3.05, 3.63) is 32.9 Å². The summed E-state index contributed by atoms with van der Waals surface area (Å²) in [4.78, 5) is 17.6. The SMILES string of the molecule is O=C(O)N1CCc2nc3c(Cl)ccc(OC4CCCCC4)c3c(Br)c2CC1. The van der Waals surface area contributed by atoms with Gasteiger partial charge in [-0.1, -0.05) is 18.0 Å². The monoisotopic (exact) mass is 452 g/mol. The minimum Gasteiger partial charge on any atom is -0.490 e. The fourth-order valence-electron chi connectivity index (χ4n) is 4.06. The first kappa shape index (κ1) is 18.8. The maximum Gasteiger partial charge on any atom is 0.407 e. The normalized spacial score (nSPS) is 18.2. The van der Waals surface area contributed by atoms with E-state index in [2.05, 4.69) is 15.9 Å². The van der Waals surface area contributed by atoms with E-state index in [9.17, 15) is 9.90 Å². The molecule has 0 spiro atoms. The Balaban J connectivity index is 1.77. The summed E-state index contributed by atoms with van der Waals surface area (Å²) in [6.45, 7) is 0.913. The summed E-state index contributed by atoms with van der Waals surface area (Å²) in [7, 11) is 0. The number of benzene rings is 1. The van der Waals surface area contributed by atoms with Gasteiger partial charge in [-0.2, -0.15) is 0 Å². The van der Waals surface area contributed by atoms with E-state index in [0.29, 0.717) is 31.0 Å². The van der Waals surface area contributed by atoms with E-state index in [1.54, 1.807) is 0 Å². The molecule has 1 saturated carbocycles. The molecule has 0 radical (unpaired) electrons. The molecule has 1 aromatic heterocycles. The molecule has 7 heteroatoms. The lowest BCUT2D eigenvalue weighted by Crippen LogP contribution is -2.31. The average molecular weight is 454 g/mol. The number of rotatable bonds is 2. The van der Waals surface area contributed by atoms with E-state index in [-0.39, 0.29) is 6.10 Å². The van der Waals surface area contributed by atoms with Crippen LogP contribution in [0.4, 0.5) is 4.79 Å². The molecule has 144 valence electrons. The van der Waals surface area contributed by atoms with Gasteiger partial charge in [0.25, 0.3) is 0 Å². The van der Waals surface area contributed by atoms with Gasteiger partial charge in [0, 0.05) is 29.7 Å². The Hall–Kier alpha value is -1.53. The van der Waals surface area contributed by atoms with E-state index < -0.39 is 6.09 Å². The van der Waals surface area contributed by atoms with Crippen LogP contribution in [0.3, 0.4) is 0 Å². The summed E-state index contributed by atoms with van der Waals surface area (Å²) >= 11 is 10.2. The van der Waals surface area contributed by atoms with Gasteiger partial charge in [-0.05, 0) is 65.7 Å². The van der Waals surface area contributed by atoms with Crippen LogP contribution in [0, 0.1) is 0 Å². The Morgan fingerprint density at radius 3 is 2.70 bits per heavy atom. The van der Waals surface area contributed by atoms with Crippen LogP contribution >= 0.6 is 27.5 Å². The number of aromatic nitrogens is 1. The van der Waals surface area contributed by atoms with Crippen molar-refractivity contribution in [1.29, 1.82) is 0 Å². The number of carbonyl (C=O) groups is 1. The van der Waals surface area contributed by atoms with Crippen LogP contribution in [-0.2, 0) is 12.8 Å². The van der Waals surface area contributed by atoms with E-state index >= 15 is 0 Å². The van der Waals surface area contributed by atoms with Crippen LogP contribution in [0.2, 0.25) is 5.02 Å². The molecule has 1 N–H and O–H groups in total. The van der Waals surface area contributed by atoms with Crippen molar-refractivity contribution in [2.75, 3.05) is 13.1 Å². The van der Waals surface area contributed by atoms with Gasteiger partial charge in [-0.3, -0.25) is 4.98 Å². The predicted molar refractivity (Wildman–Crippen MR) is 109 cm³/mol. The second kappa shape index (κ2) is 7.84. The van der Waals surface area contributed by atoms with Crippen molar-refractivity contribution in [2.45, 2.75) is 51.0 Å². The molecular weight excluding hydrogens is 432 g/mol. The Morgan fingerprint density at radius 2 is 1.96 bits per heavy atom. The summed E-state index contributed by atoms with van der Waals surface area (Å²) in [6, 6.07) is 3.77. The number of carboxylic acid groups (broad SMARTS) is 1. The molecule has 1 aromatic carbocycles. The highest BCUT2D eigenvalue weighted by molar-refractivity contribution is 9.10. The molecule has 5 nitrogen and oxygen atoms in total. The highest BCUT2D eigenvalue weighted by Crippen LogP contribution is 2.40. The molecule has 0 saturated heterocycles. The lowest BCUT2D eigenvalue weighted by Gasteiger charge is -2.24. The van der Waals surface area contributed by atoms with Gasteiger partial charge in [-0.15, -0.1) is 0 Å². The van der Waals surface area contributed by atoms with Gasteiger partial charge >= 0.3 is 6.09 Å². The molecule has 1 amide bonds. The zero-order chi connectivity index (χ0) is 19.0. The van der Waals surface area contributed by atoms with Gasteiger partial charge in [0.05, 0.1) is 22.0 Å². The van der Waals surface area contributed by atoms with Crippen LogP contribution in [0.15, 0.2) is 16.6 Å². The number of hydrogen-bond donors (Lipinski definition) is 1. The largest absolute Gasteiger partial charge is 0.490 e. The van der Waals surface area contributed by atoms with Gasteiger partial charge < -0.3 is 14.7 Å². The first-order valence-electron chi connectivity index (χ1n) is 9.48. The van der Waals surface area contributed by atoms with Crippen molar-refractivity contribution in [3.63, 3.8) is 0 Å². The molecule has 1 aliphatic carbocycles. The Kier molecular flexibility index (Phi) is 5.46. The first-order valence-corrected chi connectivity index (χ1v) is 10.7. The smallest absolute Gasteiger partial charge is 0.407 e. The van der Waals surface area contributed by atoms with Crippen LogP contribution in [0.1, 0.15) is 43.4 Å². The number of fused-ring (bicyclic) bond motifs is 2. The topological polar surface area (TPSA) is 62.7 Å². The molecule has 0 atom stereocenters. The third kappa shape index (κ3) is 3.74. The van der Waals surface area contributed by atoms with Gasteiger partial charge in [0.2, 0.25) is 0 Å². The lowest BCUT2D eigenvalue weighted by molar-refractivity contribution is 0.147. The van der Waals surface area contributed by atoms with Gasteiger partial charge in [0.15, 0.2) is 0 Å². The van der Waals surface area contributed by atoms with E-state index in [1.165, 1.54) is 24.2 Å². The third-order valence-corrected chi connectivity index (χ3v) is 6.72. The first-order chi connectivity index (χ1) is 13.0. The van der Waals surface area contributed by atoms with Gasteiger partial charge in [0.1, 0.15) is 5.75 Å². The van der Waals surface area contributed by atoms with Crippen LogP contribution in [0.25, 0.3) is 10.9 Å². The molecular formula is C20H22BrClN2O3. The molecule has 2 aliphatic rings. The molecule has 2 aromatic rings. The minimum absolute atomic E-state index is 0.233. The van der Waals surface area contributed by atoms with Crippen molar-refractivity contribution in [3.8, 4) is 5.75 Å². The summed E-state index contributed by atoms with van der Waals surface area (Å²) in [5.74, 6) is 0.808. The fourth-order valence-corrected chi connectivity index (χ4v) is 5.07. The minimum atomic E-state index is -0.886. The quantitative estimate of drug-likeness (QED) is 0.657. The maximum absolute atomic E-state index is 11.4. The highest BCUT2D eigenvalue weighted by atomic mass is 79.9. The predicted octanol–water partition coefficient (Wildman–Crippen LogP) is 5.44. The number of ether oxygens (including phenoxy) is 1.